The highest BCUT2D eigenvalue weighted by Crippen LogP contribution is 2.18. The molecule has 1 aromatic rings. The Bertz CT molecular complexity index is 375. The summed E-state index contributed by atoms with van der Waals surface area (Å²) >= 11 is 0. The Kier molecular flexibility index (Phi) is 3.36. The molecule has 0 amide bonds. The Hall–Kier alpha value is -1.62. The summed E-state index contributed by atoms with van der Waals surface area (Å²) in [5.41, 5.74) is 0.877. The molecule has 1 fully saturated rings. The van der Waals surface area contributed by atoms with Gasteiger partial charge in [0, 0.05) is 31.0 Å². The van der Waals surface area contributed by atoms with Crippen molar-refractivity contribution in [3.05, 3.63) is 34.4 Å². The fraction of sp³-hybridized carbons (Fsp3) is 0.455. The summed E-state index contributed by atoms with van der Waals surface area (Å²) in [5, 5.41) is 13.7. The van der Waals surface area contributed by atoms with Gasteiger partial charge in [0.1, 0.15) is 0 Å². The van der Waals surface area contributed by atoms with Crippen LogP contribution in [0.25, 0.3) is 0 Å². The zero-order chi connectivity index (χ0) is 11.4. The van der Waals surface area contributed by atoms with E-state index in [1.807, 2.05) is 6.07 Å². The van der Waals surface area contributed by atoms with Crippen LogP contribution in [0.5, 0.6) is 0 Å². The van der Waals surface area contributed by atoms with Crippen molar-refractivity contribution in [2.75, 3.05) is 18.5 Å². The van der Waals surface area contributed by atoms with Crippen LogP contribution in [0.1, 0.15) is 12.8 Å². The van der Waals surface area contributed by atoms with Crippen LogP contribution in [0.3, 0.4) is 0 Å². The Morgan fingerprint density at radius 3 is 3.12 bits per heavy atom. The summed E-state index contributed by atoms with van der Waals surface area (Å²) in [5.74, 6) is 0. The summed E-state index contributed by atoms with van der Waals surface area (Å²) in [6.45, 7) is 1.53. The van der Waals surface area contributed by atoms with E-state index in [-0.39, 0.29) is 11.8 Å². The molecule has 1 saturated heterocycles. The van der Waals surface area contributed by atoms with E-state index < -0.39 is 4.92 Å². The van der Waals surface area contributed by atoms with Crippen molar-refractivity contribution in [3.63, 3.8) is 0 Å². The molecule has 0 radical (unpaired) electrons. The zero-order valence-corrected chi connectivity index (χ0v) is 8.89. The molecule has 1 N–H and O–H groups in total. The number of benzene rings is 1. The fourth-order valence-electron chi connectivity index (χ4n) is 1.77. The lowest BCUT2D eigenvalue weighted by molar-refractivity contribution is -0.384. The van der Waals surface area contributed by atoms with Crippen LogP contribution < -0.4 is 5.32 Å². The predicted octanol–water partition coefficient (Wildman–Crippen LogP) is 2.19. The van der Waals surface area contributed by atoms with Crippen molar-refractivity contribution < 1.29 is 9.66 Å². The first kappa shape index (κ1) is 10.9. The van der Waals surface area contributed by atoms with E-state index >= 15 is 0 Å². The number of nitrogens with zero attached hydrogens (tertiary/aromatic N) is 1. The normalized spacial score (nSPS) is 19.6. The molecular weight excluding hydrogens is 208 g/mol. The number of hydrogen-bond donors (Lipinski definition) is 1. The largest absolute Gasteiger partial charge is 0.382 e. The minimum absolute atomic E-state index is 0.109. The van der Waals surface area contributed by atoms with Gasteiger partial charge in [0.05, 0.1) is 11.0 Å². The van der Waals surface area contributed by atoms with Crippen molar-refractivity contribution in [2.24, 2.45) is 0 Å². The second-order valence-corrected chi connectivity index (χ2v) is 3.82. The molecule has 1 atom stereocenters. The molecule has 0 bridgehead atoms. The van der Waals surface area contributed by atoms with E-state index in [2.05, 4.69) is 5.32 Å². The lowest BCUT2D eigenvalue weighted by Gasteiger charge is -2.11. The maximum atomic E-state index is 10.6. The molecule has 5 heteroatoms. The second kappa shape index (κ2) is 4.94. The summed E-state index contributed by atoms with van der Waals surface area (Å²) in [7, 11) is 0. The Morgan fingerprint density at radius 2 is 2.44 bits per heavy atom. The molecule has 86 valence electrons. The summed E-state index contributed by atoms with van der Waals surface area (Å²) < 4.78 is 5.46. The van der Waals surface area contributed by atoms with Gasteiger partial charge in [-0.2, -0.15) is 0 Å². The molecule has 16 heavy (non-hydrogen) atoms. The summed E-state index contributed by atoms with van der Waals surface area (Å²) in [6.07, 6.45) is 2.39. The third-order valence-corrected chi connectivity index (χ3v) is 2.61. The summed E-state index contributed by atoms with van der Waals surface area (Å²) in [6, 6.07) is 6.52. The van der Waals surface area contributed by atoms with E-state index in [0.717, 1.165) is 25.1 Å². The van der Waals surface area contributed by atoms with Gasteiger partial charge in [-0.15, -0.1) is 0 Å². The fourth-order valence-corrected chi connectivity index (χ4v) is 1.77. The highest BCUT2D eigenvalue weighted by Gasteiger charge is 2.15. The van der Waals surface area contributed by atoms with E-state index in [9.17, 15) is 10.1 Å². The van der Waals surface area contributed by atoms with Crippen molar-refractivity contribution in [2.45, 2.75) is 18.9 Å². The quantitative estimate of drug-likeness (QED) is 0.626. The number of ether oxygens (including phenoxy) is 1. The molecule has 0 spiro atoms. The Morgan fingerprint density at radius 1 is 1.56 bits per heavy atom. The standard InChI is InChI=1S/C11H14N2O3/c14-13(15)10-4-1-3-9(7-10)12-8-11-5-2-6-16-11/h1,3-4,7,11-12H,2,5-6,8H2. The molecule has 1 unspecified atom stereocenters. The first-order chi connectivity index (χ1) is 7.75. The van der Waals surface area contributed by atoms with E-state index in [1.54, 1.807) is 6.07 Å². The van der Waals surface area contributed by atoms with Gasteiger partial charge in [0.2, 0.25) is 0 Å². The average Bonchev–Trinajstić information content (AvgIpc) is 2.79. The molecule has 0 aliphatic carbocycles. The van der Waals surface area contributed by atoms with Crippen LogP contribution in [0.15, 0.2) is 24.3 Å². The minimum Gasteiger partial charge on any atom is -0.382 e. The van der Waals surface area contributed by atoms with Crippen molar-refractivity contribution in [3.8, 4) is 0 Å². The third-order valence-electron chi connectivity index (χ3n) is 2.61. The van der Waals surface area contributed by atoms with Gasteiger partial charge in [-0.05, 0) is 18.9 Å². The topological polar surface area (TPSA) is 64.4 Å². The van der Waals surface area contributed by atoms with Crippen molar-refractivity contribution in [1.82, 2.24) is 0 Å². The van der Waals surface area contributed by atoms with Gasteiger partial charge in [0.15, 0.2) is 0 Å². The van der Waals surface area contributed by atoms with Gasteiger partial charge >= 0.3 is 0 Å². The SMILES string of the molecule is O=[N+]([O-])c1cccc(NCC2CCCO2)c1. The Balaban J connectivity index is 1.93. The molecule has 1 aliphatic heterocycles. The molecule has 0 aromatic heterocycles. The number of anilines is 1. The number of non-ortho nitro benzene ring substituents is 1. The molecule has 5 nitrogen and oxygen atoms in total. The number of nitro groups is 1. The predicted molar refractivity (Wildman–Crippen MR) is 60.6 cm³/mol. The first-order valence-corrected chi connectivity index (χ1v) is 5.35. The molecule has 1 aliphatic rings. The van der Waals surface area contributed by atoms with Gasteiger partial charge < -0.3 is 10.1 Å². The smallest absolute Gasteiger partial charge is 0.271 e. The van der Waals surface area contributed by atoms with Gasteiger partial charge in [0.25, 0.3) is 5.69 Å². The van der Waals surface area contributed by atoms with Crippen molar-refractivity contribution >= 4 is 11.4 Å². The number of nitro benzene ring substituents is 1. The van der Waals surface area contributed by atoms with Crippen molar-refractivity contribution in [1.29, 1.82) is 0 Å². The maximum absolute atomic E-state index is 10.6. The lowest BCUT2D eigenvalue weighted by atomic mass is 10.2. The molecule has 2 rings (SSSR count). The van der Waals surface area contributed by atoms with E-state index in [1.165, 1.54) is 12.1 Å². The van der Waals surface area contributed by atoms with Gasteiger partial charge in [-0.25, -0.2) is 0 Å². The van der Waals surface area contributed by atoms with Gasteiger partial charge in [-0.3, -0.25) is 10.1 Å². The molecular formula is C11H14N2O3. The highest BCUT2D eigenvalue weighted by atomic mass is 16.6. The van der Waals surface area contributed by atoms with Crippen LogP contribution in [-0.2, 0) is 4.74 Å². The molecule has 0 saturated carbocycles. The Labute approximate surface area is 93.6 Å². The highest BCUT2D eigenvalue weighted by molar-refractivity contribution is 5.50. The summed E-state index contributed by atoms with van der Waals surface area (Å²) in [4.78, 5) is 10.2. The van der Waals surface area contributed by atoms with Gasteiger partial charge in [-0.1, -0.05) is 6.07 Å². The monoisotopic (exact) mass is 222 g/mol. The number of rotatable bonds is 4. The average molecular weight is 222 g/mol. The second-order valence-electron chi connectivity index (χ2n) is 3.82. The van der Waals surface area contributed by atoms with Crippen LogP contribution in [0.2, 0.25) is 0 Å². The number of hydrogen-bond acceptors (Lipinski definition) is 4. The van der Waals surface area contributed by atoms with Crippen LogP contribution in [0, 0.1) is 10.1 Å². The van der Waals surface area contributed by atoms with Crippen LogP contribution in [-0.4, -0.2) is 24.2 Å². The first-order valence-electron chi connectivity index (χ1n) is 5.35. The minimum atomic E-state index is -0.392. The number of nitrogens with one attached hydrogen (secondary N) is 1. The zero-order valence-electron chi connectivity index (χ0n) is 8.89. The van der Waals surface area contributed by atoms with Crippen LogP contribution in [0.4, 0.5) is 11.4 Å². The van der Waals surface area contributed by atoms with E-state index in [4.69, 9.17) is 4.74 Å². The molecule has 1 aromatic carbocycles. The third kappa shape index (κ3) is 2.70. The van der Waals surface area contributed by atoms with E-state index in [0.29, 0.717) is 6.54 Å². The van der Waals surface area contributed by atoms with Crippen LogP contribution >= 0.6 is 0 Å². The lowest BCUT2D eigenvalue weighted by Crippen LogP contribution is -2.18. The maximum Gasteiger partial charge on any atom is 0.271 e. The molecule has 1 heterocycles.